The maximum Gasteiger partial charge on any atom is 0.338 e. The molecule has 0 heterocycles. The second kappa shape index (κ2) is 11.2. The van der Waals surface area contributed by atoms with Crippen LogP contribution in [0.4, 0.5) is 0 Å². The van der Waals surface area contributed by atoms with Gasteiger partial charge in [-0.1, -0.05) is 69.5 Å². The summed E-state index contributed by atoms with van der Waals surface area (Å²) in [6.45, 7) is 2.33. The molecule has 1 aliphatic rings. The average molecular weight is 568 g/mol. The van der Waals surface area contributed by atoms with E-state index in [-0.39, 0.29) is 18.9 Å². The molecule has 0 bridgehead atoms. The number of hydrogen-bond donors (Lipinski definition) is 0. The highest BCUT2D eigenvalue weighted by molar-refractivity contribution is 14.1. The van der Waals surface area contributed by atoms with E-state index in [4.69, 9.17) is 14.2 Å². The molecule has 1 aromatic rings. The Balaban J connectivity index is 1.63. The number of ether oxygens (including phenoxy) is 3. The zero-order valence-corrected chi connectivity index (χ0v) is 18.4. The molecule has 0 aromatic heterocycles. The minimum atomic E-state index is -0.386. The molecule has 1 aliphatic carbocycles. The average Bonchev–Trinajstić information content (AvgIpc) is 2.65. The van der Waals surface area contributed by atoms with Crippen LogP contribution in [0.3, 0.4) is 0 Å². The molecule has 0 fully saturated rings. The predicted molar refractivity (Wildman–Crippen MR) is 115 cm³/mol. The predicted octanol–water partition coefficient (Wildman–Crippen LogP) is 4.92. The molecule has 25 heavy (non-hydrogen) atoms. The van der Waals surface area contributed by atoms with Gasteiger partial charge in [0.2, 0.25) is 0 Å². The minimum absolute atomic E-state index is 0.199. The van der Waals surface area contributed by atoms with Crippen molar-refractivity contribution in [3.63, 3.8) is 0 Å². The molecule has 0 spiro atoms. The van der Waals surface area contributed by atoms with Gasteiger partial charge in [0, 0.05) is 8.35 Å². The maximum atomic E-state index is 11.8. The fraction of sp³-hybridized carbons (Fsp3) is 0.421. The first-order chi connectivity index (χ1) is 12.1. The molecule has 0 N–H and O–H groups in total. The van der Waals surface area contributed by atoms with E-state index in [1.165, 1.54) is 0 Å². The van der Waals surface area contributed by atoms with Crippen molar-refractivity contribution in [2.75, 3.05) is 17.6 Å². The third-order valence-electron chi connectivity index (χ3n) is 3.69. The Morgan fingerprint density at radius 3 is 2.68 bits per heavy atom. The molecule has 2 rings (SSSR count). The maximum absolute atomic E-state index is 11.8. The Kier molecular flexibility index (Phi) is 9.25. The van der Waals surface area contributed by atoms with Crippen LogP contribution in [-0.4, -0.2) is 33.8 Å². The number of allylic oxidation sites excluding steroid dienone is 3. The van der Waals surface area contributed by atoms with Crippen LogP contribution in [-0.2, 0) is 14.2 Å². The van der Waals surface area contributed by atoms with E-state index in [9.17, 15) is 4.79 Å². The summed E-state index contributed by atoms with van der Waals surface area (Å²) < 4.78 is 18.2. The van der Waals surface area contributed by atoms with Crippen LogP contribution in [0.1, 0.15) is 23.7 Å². The van der Waals surface area contributed by atoms with E-state index in [0.29, 0.717) is 22.0 Å². The van der Waals surface area contributed by atoms with Gasteiger partial charge in [-0.3, -0.25) is 0 Å². The summed E-state index contributed by atoms with van der Waals surface area (Å²) >= 11 is 4.91. The Bertz CT molecular complexity index is 601. The van der Waals surface area contributed by atoms with E-state index in [2.05, 4.69) is 57.3 Å². The first-order valence-corrected chi connectivity index (χ1v) is 11.0. The molecule has 0 radical (unpaired) electrons. The standard InChI is InChI=1S/C19H22I2O4/c1-14(25-17-9-7-15(8-10-17)18(21)13-20)23-11-12-24-19(22)16-5-3-2-4-6-16/h2-7,9-10,14-15,18H,8,11-13H2,1H3. The number of halogens is 2. The topological polar surface area (TPSA) is 44.8 Å². The largest absolute Gasteiger partial charge is 0.466 e. The smallest absolute Gasteiger partial charge is 0.338 e. The molecule has 0 saturated carbocycles. The molecule has 4 nitrogen and oxygen atoms in total. The lowest BCUT2D eigenvalue weighted by Gasteiger charge is -2.22. The van der Waals surface area contributed by atoms with Crippen molar-refractivity contribution in [2.24, 2.45) is 5.92 Å². The molecular weight excluding hydrogens is 546 g/mol. The molecular formula is C19H22I2O4. The van der Waals surface area contributed by atoms with Gasteiger partial charge in [0.05, 0.1) is 12.2 Å². The van der Waals surface area contributed by atoms with Gasteiger partial charge in [0.15, 0.2) is 6.29 Å². The number of hydrogen-bond acceptors (Lipinski definition) is 4. The molecule has 1 aromatic carbocycles. The fourth-order valence-electron chi connectivity index (χ4n) is 2.32. The van der Waals surface area contributed by atoms with Crippen LogP contribution in [0, 0.1) is 5.92 Å². The Labute approximate surface area is 176 Å². The van der Waals surface area contributed by atoms with Crippen molar-refractivity contribution < 1.29 is 19.0 Å². The first-order valence-electron chi connectivity index (χ1n) is 8.19. The van der Waals surface area contributed by atoms with E-state index >= 15 is 0 Å². The van der Waals surface area contributed by atoms with Crippen LogP contribution in [0.15, 0.2) is 54.3 Å². The third kappa shape index (κ3) is 7.26. The van der Waals surface area contributed by atoms with Gasteiger partial charge in [0.25, 0.3) is 0 Å². The van der Waals surface area contributed by atoms with Gasteiger partial charge in [-0.2, -0.15) is 0 Å². The number of carbonyl (C=O) groups is 1. The summed E-state index contributed by atoms with van der Waals surface area (Å²) in [5, 5.41) is 0. The molecule has 6 heteroatoms. The number of carbonyl (C=O) groups excluding carboxylic acids is 1. The van der Waals surface area contributed by atoms with Crippen molar-refractivity contribution in [2.45, 2.75) is 23.6 Å². The zero-order chi connectivity index (χ0) is 18.1. The highest BCUT2D eigenvalue weighted by atomic mass is 127. The van der Waals surface area contributed by atoms with Crippen molar-refractivity contribution in [3.8, 4) is 0 Å². The Hall–Kier alpha value is -0.610. The lowest BCUT2D eigenvalue weighted by molar-refractivity contribution is -0.109. The van der Waals surface area contributed by atoms with Crippen molar-refractivity contribution in [1.82, 2.24) is 0 Å². The van der Waals surface area contributed by atoms with Gasteiger partial charge in [-0.15, -0.1) is 0 Å². The van der Waals surface area contributed by atoms with Crippen LogP contribution in [0.5, 0.6) is 0 Å². The molecule has 0 aliphatic heterocycles. The van der Waals surface area contributed by atoms with Crippen LogP contribution in [0.25, 0.3) is 0 Å². The quantitative estimate of drug-likeness (QED) is 0.140. The van der Waals surface area contributed by atoms with Crippen molar-refractivity contribution in [3.05, 3.63) is 59.9 Å². The number of rotatable bonds is 9. The molecule has 3 unspecified atom stereocenters. The van der Waals surface area contributed by atoms with Gasteiger partial charge in [0.1, 0.15) is 12.4 Å². The normalized spacial score (nSPS) is 19.0. The lowest BCUT2D eigenvalue weighted by Crippen LogP contribution is -2.19. The highest BCUT2D eigenvalue weighted by Gasteiger charge is 2.18. The number of alkyl halides is 2. The summed E-state index contributed by atoms with van der Waals surface area (Å²) in [7, 11) is 0. The highest BCUT2D eigenvalue weighted by Crippen LogP contribution is 2.26. The second-order valence-electron chi connectivity index (χ2n) is 5.59. The molecule has 0 saturated heterocycles. The second-order valence-corrected chi connectivity index (χ2v) is 8.07. The molecule has 0 amide bonds. The summed E-state index contributed by atoms with van der Waals surface area (Å²) in [4.78, 5) is 11.8. The Morgan fingerprint density at radius 1 is 1.28 bits per heavy atom. The van der Waals surface area contributed by atoms with Crippen molar-refractivity contribution in [1.29, 1.82) is 0 Å². The monoisotopic (exact) mass is 568 g/mol. The third-order valence-corrected chi connectivity index (χ3v) is 7.69. The Morgan fingerprint density at radius 2 is 2.04 bits per heavy atom. The number of esters is 1. The van der Waals surface area contributed by atoms with Gasteiger partial charge < -0.3 is 14.2 Å². The van der Waals surface area contributed by atoms with Crippen molar-refractivity contribution >= 4 is 51.2 Å². The van der Waals surface area contributed by atoms with E-state index in [1.54, 1.807) is 24.3 Å². The summed E-state index contributed by atoms with van der Waals surface area (Å²) in [6.07, 6.45) is 6.94. The van der Waals surface area contributed by atoms with Crippen LogP contribution in [0.2, 0.25) is 0 Å². The number of benzene rings is 1. The first kappa shape index (κ1) is 20.7. The zero-order valence-electron chi connectivity index (χ0n) is 14.1. The summed E-state index contributed by atoms with van der Waals surface area (Å²) in [5.74, 6) is 1.06. The van der Waals surface area contributed by atoms with Gasteiger partial charge in [-0.05, 0) is 43.5 Å². The molecule has 3 atom stereocenters. The molecule has 136 valence electrons. The van der Waals surface area contributed by atoms with Crippen LogP contribution >= 0.6 is 45.2 Å². The van der Waals surface area contributed by atoms with E-state index < -0.39 is 0 Å². The van der Waals surface area contributed by atoms with Gasteiger partial charge in [-0.25, -0.2) is 4.79 Å². The van der Waals surface area contributed by atoms with Crippen LogP contribution < -0.4 is 0 Å². The van der Waals surface area contributed by atoms with E-state index in [0.717, 1.165) is 16.6 Å². The summed E-state index contributed by atoms with van der Waals surface area (Å²) in [6, 6.07) is 8.92. The SMILES string of the molecule is CC(OCCOC(=O)c1ccccc1)OC1=CCC(C(I)CI)C=C1. The van der Waals surface area contributed by atoms with E-state index in [1.807, 2.05) is 19.1 Å². The fourth-order valence-corrected chi connectivity index (χ4v) is 3.51. The lowest BCUT2D eigenvalue weighted by atomic mass is 9.98. The minimum Gasteiger partial charge on any atom is -0.466 e. The van der Waals surface area contributed by atoms with Gasteiger partial charge >= 0.3 is 5.97 Å². The summed E-state index contributed by atoms with van der Waals surface area (Å²) in [5.41, 5.74) is 0.541.